The number of hydrogen-bond acceptors (Lipinski definition) is 4. The zero-order valence-corrected chi connectivity index (χ0v) is 10.9. The summed E-state index contributed by atoms with van der Waals surface area (Å²) in [6, 6.07) is 4.77. The second-order valence-electron chi connectivity index (χ2n) is 4.17. The van der Waals surface area contributed by atoms with Gasteiger partial charge in [0.1, 0.15) is 0 Å². The number of nitrogens with one attached hydrogen (secondary N) is 1. The maximum absolute atomic E-state index is 12.5. The molecule has 1 aromatic heterocycles. The highest BCUT2D eigenvalue weighted by atomic mass is 19.4. The van der Waals surface area contributed by atoms with E-state index in [-0.39, 0.29) is 11.4 Å². The van der Waals surface area contributed by atoms with Crippen LogP contribution in [-0.2, 0) is 6.18 Å². The van der Waals surface area contributed by atoms with Crippen LogP contribution in [0.15, 0.2) is 30.5 Å². The molecule has 0 atom stereocenters. The van der Waals surface area contributed by atoms with Crippen molar-refractivity contribution >= 4 is 11.4 Å². The Morgan fingerprint density at radius 1 is 1.38 bits per heavy atom. The van der Waals surface area contributed by atoms with Gasteiger partial charge in [0.15, 0.2) is 5.69 Å². The van der Waals surface area contributed by atoms with Gasteiger partial charge in [0.05, 0.1) is 10.6 Å². The normalized spacial score (nSPS) is 11.4. The lowest BCUT2D eigenvalue weighted by molar-refractivity contribution is -0.384. The standard InChI is InChI=1S/C12H11F3N4O2/c1-2-16-8-5-9(7-10(6-8)19(20)21)18-4-3-11(17-18)12(13,14)15/h3-7,16H,2H2,1H3. The third-order valence-electron chi connectivity index (χ3n) is 2.64. The molecule has 0 saturated heterocycles. The largest absolute Gasteiger partial charge is 0.435 e. The van der Waals surface area contributed by atoms with Crippen LogP contribution in [0.3, 0.4) is 0 Å². The van der Waals surface area contributed by atoms with E-state index >= 15 is 0 Å². The van der Waals surface area contributed by atoms with E-state index in [2.05, 4.69) is 10.4 Å². The highest BCUT2D eigenvalue weighted by molar-refractivity contribution is 5.58. The molecule has 1 heterocycles. The van der Waals surface area contributed by atoms with E-state index < -0.39 is 16.8 Å². The summed E-state index contributed by atoms with van der Waals surface area (Å²) in [5.41, 5.74) is -0.673. The van der Waals surface area contributed by atoms with Crippen molar-refractivity contribution in [1.29, 1.82) is 0 Å². The molecule has 1 N–H and O–H groups in total. The van der Waals surface area contributed by atoms with Crippen molar-refractivity contribution in [3.63, 3.8) is 0 Å². The molecule has 0 aliphatic rings. The molecule has 0 fully saturated rings. The maximum atomic E-state index is 12.5. The Morgan fingerprint density at radius 2 is 2.10 bits per heavy atom. The number of nitro benzene ring substituents is 1. The van der Waals surface area contributed by atoms with Crippen molar-refractivity contribution in [2.24, 2.45) is 0 Å². The number of hydrogen-bond donors (Lipinski definition) is 1. The highest BCUT2D eigenvalue weighted by Gasteiger charge is 2.33. The number of alkyl halides is 3. The molecule has 0 aliphatic heterocycles. The predicted octanol–water partition coefficient (Wildman–Crippen LogP) is 3.23. The number of nitro groups is 1. The minimum absolute atomic E-state index is 0.177. The second kappa shape index (κ2) is 5.43. The van der Waals surface area contributed by atoms with Crippen LogP contribution in [0, 0.1) is 10.1 Å². The number of rotatable bonds is 4. The van der Waals surface area contributed by atoms with E-state index in [9.17, 15) is 23.3 Å². The van der Waals surface area contributed by atoms with Crippen LogP contribution in [0.5, 0.6) is 0 Å². The molecule has 112 valence electrons. The molecule has 6 nitrogen and oxygen atoms in total. The van der Waals surface area contributed by atoms with Gasteiger partial charge in [-0.05, 0) is 19.1 Å². The summed E-state index contributed by atoms with van der Waals surface area (Å²) in [5, 5.41) is 17.2. The van der Waals surface area contributed by atoms with Gasteiger partial charge in [-0.25, -0.2) is 4.68 Å². The Morgan fingerprint density at radius 3 is 2.62 bits per heavy atom. The Kier molecular flexibility index (Phi) is 3.83. The van der Waals surface area contributed by atoms with Gasteiger partial charge < -0.3 is 5.32 Å². The fourth-order valence-electron chi connectivity index (χ4n) is 1.76. The molecular weight excluding hydrogens is 289 g/mol. The SMILES string of the molecule is CCNc1cc(-n2ccc(C(F)(F)F)n2)cc([N+](=O)[O-])c1. The summed E-state index contributed by atoms with van der Waals surface area (Å²) in [6.07, 6.45) is -3.45. The molecule has 2 aromatic rings. The molecule has 0 unspecified atom stereocenters. The van der Waals surface area contributed by atoms with Gasteiger partial charge in [0.25, 0.3) is 5.69 Å². The van der Waals surface area contributed by atoms with E-state index in [1.165, 1.54) is 12.1 Å². The number of non-ortho nitro benzene ring substituents is 1. The minimum atomic E-state index is -4.56. The third kappa shape index (κ3) is 3.30. The Hall–Kier alpha value is -2.58. The average molecular weight is 300 g/mol. The van der Waals surface area contributed by atoms with Crippen LogP contribution in [0.2, 0.25) is 0 Å². The van der Waals surface area contributed by atoms with Crippen LogP contribution >= 0.6 is 0 Å². The summed E-state index contributed by atoms with van der Waals surface area (Å²) < 4.78 is 38.5. The first-order valence-electron chi connectivity index (χ1n) is 5.98. The zero-order valence-electron chi connectivity index (χ0n) is 10.9. The van der Waals surface area contributed by atoms with Crippen molar-refractivity contribution in [1.82, 2.24) is 9.78 Å². The van der Waals surface area contributed by atoms with Crippen LogP contribution in [0.4, 0.5) is 24.5 Å². The Labute approximate surface area is 117 Å². The minimum Gasteiger partial charge on any atom is -0.385 e. The first-order chi connectivity index (χ1) is 9.81. The van der Waals surface area contributed by atoms with Gasteiger partial charge >= 0.3 is 6.18 Å². The van der Waals surface area contributed by atoms with E-state index in [4.69, 9.17) is 0 Å². The van der Waals surface area contributed by atoms with E-state index in [0.717, 1.165) is 23.0 Å². The molecule has 0 aliphatic carbocycles. The average Bonchev–Trinajstić information content (AvgIpc) is 2.88. The van der Waals surface area contributed by atoms with Gasteiger partial charge in [-0.2, -0.15) is 18.3 Å². The molecule has 0 saturated carbocycles. The van der Waals surface area contributed by atoms with Crippen molar-refractivity contribution in [2.45, 2.75) is 13.1 Å². The van der Waals surface area contributed by atoms with Crippen molar-refractivity contribution in [2.75, 3.05) is 11.9 Å². The molecule has 1 aromatic carbocycles. The Bertz CT molecular complexity index is 667. The molecular formula is C12H11F3N4O2. The van der Waals surface area contributed by atoms with Gasteiger partial charge in [0, 0.05) is 30.6 Å². The lowest BCUT2D eigenvalue weighted by atomic mass is 10.2. The van der Waals surface area contributed by atoms with Crippen LogP contribution in [0.25, 0.3) is 5.69 Å². The molecule has 2 rings (SSSR count). The molecule has 0 spiro atoms. The van der Waals surface area contributed by atoms with Gasteiger partial charge in [0.2, 0.25) is 0 Å². The topological polar surface area (TPSA) is 73.0 Å². The summed E-state index contributed by atoms with van der Waals surface area (Å²) in [6.45, 7) is 2.32. The number of nitrogens with zero attached hydrogens (tertiary/aromatic N) is 3. The first kappa shape index (κ1) is 14.8. The lowest BCUT2D eigenvalue weighted by Crippen LogP contribution is -2.07. The zero-order chi connectivity index (χ0) is 15.6. The predicted molar refractivity (Wildman–Crippen MR) is 69.4 cm³/mol. The summed E-state index contributed by atoms with van der Waals surface area (Å²) >= 11 is 0. The monoisotopic (exact) mass is 300 g/mol. The maximum Gasteiger partial charge on any atom is 0.435 e. The fraction of sp³-hybridized carbons (Fsp3) is 0.250. The number of anilines is 1. The fourth-order valence-corrected chi connectivity index (χ4v) is 1.76. The number of halogens is 3. The second-order valence-corrected chi connectivity index (χ2v) is 4.17. The summed E-state index contributed by atoms with van der Waals surface area (Å²) in [7, 11) is 0. The summed E-state index contributed by atoms with van der Waals surface area (Å²) in [4.78, 5) is 10.3. The molecule has 0 bridgehead atoms. The first-order valence-corrected chi connectivity index (χ1v) is 5.98. The molecule has 21 heavy (non-hydrogen) atoms. The van der Waals surface area contributed by atoms with Crippen molar-refractivity contribution in [3.05, 3.63) is 46.3 Å². The Balaban J connectivity index is 2.47. The number of aromatic nitrogens is 2. The van der Waals surface area contributed by atoms with Crippen molar-refractivity contribution < 1.29 is 18.1 Å². The molecule has 0 radical (unpaired) electrons. The van der Waals surface area contributed by atoms with E-state index in [1.54, 1.807) is 6.92 Å². The number of benzene rings is 1. The van der Waals surface area contributed by atoms with Crippen LogP contribution < -0.4 is 5.32 Å². The van der Waals surface area contributed by atoms with Crippen LogP contribution in [-0.4, -0.2) is 21.2 Å². The summed E-state index contributed by atoms with van der Waals surface area (Å²) in [5.74, 6) is 0. The third-order valence-corrected chi connectivity index (χ3v) is 2.64. The van der Waals surface area contributed by atoms with Gasteiger partial charge in [-0.3, -0.25) is 10.1 Å². The molecule has 9 heteroatoms. The van der Waals surface area contributed by atoms with E-state index in [0.29, 0.717) is 12.2 Å². The molecule has 0 amide bonds. The lowest BCUT2D eigenvalue weighted by Gasteiger charge is -2.07. The van der Waals surface area contributed by atoms with Crippen molar-refractivity contribution in [3.8, 4) is 5.69 Å². The van der Waals surface area contributed by atoms with Gasteiger partial charge in [-0.1, -0.05) is 0 Å². The smallest absolute Gasteiger partial charge is 0.385 e. The van der Waals surface area contributed by atoms with Gasteiger partial charge in [-0.15, -0.1) is 0 Å². The van der Waals surface area contributed by atoms with Crippen LogP contribution in [0.1, 0.15) is 12.6 Å². The van der Waals surface area contributed by atoms with E-state index in [1.807, 2.05) is 0 Å². The highest BCUT2D eigenvalue weighted by Crippen LogP contribution is 2.29. The quantitative estimate of drug-likeness (QED) is 0.695.